The Hall–Kier alpha value is -1.70. The van der Waals surface area contributed by atoms with Gasteiger partial charge in [0, 0.05) is 18.0 Å². The molecule has 0 bridgehead atoms. The lowest BCUT2D eigenvalue weighted by atomic mass is 10.0. The van der Waals surface area contributed by atoms with Gasteiger partial charge in [0.25, 0.3) is 0 Å². The minimum absolute atomic E-state index is 0.829. The van der Waals surface area contributed by atoms with Gasteiger partial charge in [0.05, 0.1) is 0 Å². The van der Waals surface area contributed by atoms with E-state index in [2.05, 4.69) is 61.9 Å². The molecule has 0 aliphatic carbocycles. The zero-order valence-electron chi connectivity index (χ0n) is 19.3. The summed E-state index contributed by atoms with van der Waals surface area (Å²) >= 11 is 0. The number of hydrogen-bond acceptors (Lipinski definition) is 2. The molecule has 1 aromatic heterocycles. The topological polar surface area (TPSA) is 25.8 Å². The van der Waals surface area contributed by atoms with E-state index in [0.717, 1.165) is 29.6 Å². The van der Waals surface area contributed by atoms with Crippen LogP contribution in [-0.2, 0) is 12.8 Å². The molecule has 0 amide bonds. The highest BCUT2D eigenvalue weighted by molar-refractivity contribution is 5.55. The van der Waals surface area contributed by atoms with Gasteiger partial charge in [-0.3, -0.25) is 0 Å². The lowest BCUT2D eigenvalue weighted by molar-refractivity contribution is 0.520. The fourth-order valence-electron chi connectivity index (χ4n) is 3.75. The molecule has 0 N–H and O–H groups in total. The summed E-state index contributed by atoms with van der Waals surface area (Å²) in [5.41, 5.74) is 3.80. The highest BCUT2D eigenvalue weighted by atomic mass is 14.9. The number of unbranched alkanes of at least 4 members (excludes halogenated alkanes) is 5. The molecule has 0 spiro atoms. The first kappa shape index (κ1) is 23.6. The molecule has 2 aromatic rings. The van der Waals surface area contributed by atoms with E-state index in [4.69, 9.17) is 0 Å². The van der Waals surface area contributed by atoms with Gasteiger partial charge >= 0.3 is 0 Å². The molecular formula is C27H42N2. The number of hydrogen-bond donors (Lipinski definition) is 0. The van der Waals surface area contributed by atoms with Crippen LogP contribution >= 0.6 is 0 Å². The summed E-state index contributed by atoms with van der Waals surface area (Å²) in [5.74, 6) is 2.50. The molecule has 0 saturated carbocycles. The van der Waals surface area contributed by atoms with Crippen molar-refractivity contribution in [2.24, 2.45) is 11.8 Å². The molecular weight excluding hydrogens is 352 g/mol. The summed E-state index contributed by atoms with van der Waals surface area (Å²) < 4.78 is 0. The van der Waals surface area contributed by atoms with E-state index >= 15 is 0 Å². The Morgan fingerprint density at radius 1 is 0.586 bits per heavy atom. The molecule has 2 nitrogen and oxygen atoms in total. The van der Waals surface area contributed by atoms with Crippen LogP contribution in [0.4, 0.5) is 0 Å². The van der Waals surface area contributed by atoms with Gasteiger partial charge < -0.3 is 0 Å². The molecule has 0 unspecified atom stereocenters. The molecule has 29 heavy (non-hydrogen) atoms. The highest BCUT2D eigenvalue weighted by Crippen LogP contribution is 2.18. The molecule has 1 heterocycles. The van der Waals surface area contributed by atoms with Gasteiger partial charge in [0.15, 0.2) is 5.82 Å². The van der Waals surface area contributed by atoms with Crippen LogP contribution in [-0.4, -0.2) is 9.97 Å². The third kappa shape index (κ3) is 10.1. The first-order valence-corrected chi connectivity index (χ1v) is 11.9. The van der Waals surface area contributed by atoms with Crippen LogP contribution in [0.1, 0.15) is 96.6 Å². The second-order valence-electron chi connectivity index (χ2n) is 9.45. The summed E-state index contributed by atoms with van der Waals surface area (Å²) in [6, 6.07) is 8.83. The Morgan fingerprint density at radius 2 is 1.07 bits per heavy atom. The summed E-state index contributed by atoms with van der Waals surface area (Å²) in [4.78, 5) is 9.22. The van der Waals surface area contributed by atoms with Crippen molar-refractivity contribution in [3.8, 4) is 11.4 Å². The second-order valence-corrected chi connectivity index (χ2v) is 9.45. The highest BCUT2D eigenvalue weighted by Gasteiger charge is 2.03. The van der Waals surface area contributed by atoms with Gasteiger partial charge in [0.1, 0.15) is 0 Å². The fourth-order valence-corrected chi connectivity index (χ4v) is 3.75. The lowest BCUT2D eigenvalue weighted by Crippen LogP contribution is -1.94. The predicted octanol–water partition coefficient (Wildman–Crippen LogP) is 8.05. The Kier molecular flexibility index (Phi) is 11.0. The van der Waals surface area contributed by atoms with Gasteiger partial charge in [-0.2, -0.15) is 0 Å². The van der Waals surface area contributed by atoms with E-state index in [0.29, 0.717) is 0 Å². The maximum Gasteiger partial charge on any atom is 0.159 e. The maximum absolute atomic E-state index is 4.61. The Morgan fingerprint density at radius 3 is 1.62 bits per heavy atom. The molecule has 160 valence electrons. The lowest BCUT2D eigenvalue weighted by Gasteiger charge is -2.06. The molecule has 2 rings (SSSR count). The summed E-state index contributed by atoms with van der Waals surface area (Å²) in [7, 11) is 0. The Balaban J connectivity index is 1.70. The van der Waals surface area contributed by atoms with E-state index in [1.54, 1.807) is 0 Å². The fraction of sp³-hybridized carbons (Fsp3) is 0.630. The summed E-state index contributed by atoms with van der Waals surface area (Å²) in [5, 5.41) is 0. The Bertz CT molecular complexity index is 656. The molecule has 0 aliphatic rings. The number of nitrogens with zero attached hydrogens (tertiary/aromatic N) is 2. The molecule has 0 fully saturated rings. The van der Waals surface area contributed by atoms with Crippen molar-refractivity contribution in [3.63, 3.8) is 0 Å². The van der Waals surface area contributed by atoms with Gasteiger partial charge in [-0.05, 0) is 48.6 Å². The first-order valence-electron chi connectivity index (χ1n) is 11.9. The summed E-state index contributed by atoms with van der Waals surface area (Å²) in [6.07, 6.45) is 18.2. The first-order chi connectivity index (χ1) is 14.0. The van der Waals surface area contributed by atoms with Crippen molar-refractivity contribution in [2.75, 3.05) is 0 Å². The third-order valence-electron chi connectivity index (χ3n) is 5.66. The van der Waals surface area contributed by atoms with Gasteiger partial charge in [-0.15, -0.1) is 0 Å². The second kappa shape index (κ2) is 13.5. The van der Waals surface area contributed by atoms with Crippen molar-refractivity contribution < 1.29 is 0 Å². The van der Waals surface area contributed by atoms with Crippen molar-refractivity contribution in [1.29, 1.82) is 0 Å². The number of aryl methyl sites for hydroxylation is 2. The van der Waals surface area contributed by atoms with Gasteiger partial charge in [-0.1, -0.05) is 96.9 Å². The van der Waals surface area contributed by atoms with Crippen LogP contribution in [0.25, 0.3) is 11.4 Å². The van der Waals surface area contributed by atoms with E-state index in [1.165, 1.54) is 75.3 Å². The van der Waals surface area contributed by atoms with Crippen LogP contribution in [0, 0.1) is 11.8 Å². The zero-order chi connectivity index (χ0) is 20.9. The quantitative estimate of drug-likeness (QED) is 0.303. The van der Waals surface area contributed by atoms with Crippen LogP contribution in [0.2, 0.25) is 0 Å². The number of aromatic nitrogens is 2. The predicted molar refractivity (Wildman–Crippen MR) is 126 cm³/mol. The average Bonchev–Trinajstić information content (AvgIpc) is 2.71. The minimum atomic E-state index is 0.829. The van der Waals surface area contributed by atoms with Gasteiger partial charge in [0.2, 0.25) is 0 Å². The zero-order valence-corrected chi connectivity index (χ0v) is 19.3. The molecule has 1 aromatic carbocycles. The van der Waals surface area contributed by atoms with Crippen molar-refractivity contribution in [3.05, 3.63) is 47.8 Å². The minimum Gasteiger partial charge on any atom is -0.236 e. The van der Waals surface area contributed by atoms with Gasteiger partial charge in [-0.25, -0.2) is 9.97 Å². The van der Waals surface area contributed by atoms with E-state index in [1.807, 2.05) is 12.4 Å². The molecule has 0 saturated heterocycles. The molecule has 2 heteroatoms. The largest absolute Gasteiger partial charge is 0.236 e. The molecule has 0 radical (unpaired) electrons. The van der Waals surface area contributed by atoms with Crippen molar-refractivity contribution >= 4 is 0 Å². The van der Waals surface area contributed by atoms with Crippen LogP contribution in [0.15, 0.2) is 36.7 Å². The maximum atomic E-state index is 4.61. The smallest absolute Gasteiger partial charge is 0.159 e. The standard InChI is InChI=1S/C27H42N2/c1-22(2)12-8-5-6-10-15-25-20-28-27(29-21-25)26-18-16-24(17-19-26)14-11-7-9-13-23(3)4/h16-23H,5-15H2,1-4H3. The molecule has 0 aliphatic heterocycles. The van der Waals surface area contributed by atoms with Crippen LogP contribution < -0.4 is 0 Å². The van der Waals surface area contributed by atoms with Crippen LogP contribution in [0.3, 0.4) is 0 Å². The van der Waals surface area contributed by atoms with E-state index in [9.17, 15) is 0 Å². The van der Waals surface area contributed by atoms with Crippen LogP contribution in [0.5, 0.6) is 0 Å². The SMILES string of the molecule is CC(C)CCCCCCc1cnc(-c2ccc(CCCCCC(C)C)cc2)nc1. The Labute approximate surface area is 179 Å². The number of rotatable bonds is 14. The average molecular weight is 395 g/mol. The van der Waals surface area contributed by atoms with Crippen molar-refractivity contribution in [1.82, 2.24) is 9.97 Å². The summed E-state index contributed by atoms with van der Waals surface area (Å²) in [6.45, 7) is 9.23. The normalized spacial score (nSPS) is 11.5. The monoisotopic (exact) mass is 394 g/mol. The third-order valence-corrected chi connectivity index (χ3v) is 5.66. The van der Waals surface area contributed by atoms with E-state index in [-0.39, 0.29) is 0 Å². The molecule has 0 atom stereocenters. The van der Waals surface area contributed by atoms with Crippen molar-refractivity contribution in [2.45, 2.75) is 98.3 Å². The number of benzene rings is 1. The van der Waals surface area contributed by atoms with E-state index < -0.39 is 0 Å².